The van der Waals surface area contributed by atoms with Crippen LogP contribution >= 0.6 is 23.4 Å². The van der Waals surface area contributed by atoms with Crippen molar-refractivity contribution in [1.29, 1.82) is 0 Å². The maximum Gasteiger partial charge on any atom is 0.109 e. The van der Waals surface area contributed by atoms with E-state index in [0.717, 1.165) is 40.9 Å². The smallest absolute Gasteiger partial charge is 0.109 e. The molecule has 0 aliphatic heterocycles. The van der Waals surface area contributed by atoms with Crippen molar-refractivity contribution in [2.75, 3.05) is 12.3 Å². The Morgan fingerprint density at radius 1 is 1.38 bits per heavy atom. The van der Waals surface area contributed by atoms with Gasteiger partial charge in [-0.05, 0) is 25.1 Å². The van der Waals surface area contributed by atoms with Crippen LogP contribution < -0.4 is 5.32 Å². The lowest BCUT2D eigenvalue weighted by Gasteiger charge is -2.18. The Morgan fingerprint density at radius 3 is 2.86 bits per heavy atom. The summed E-state index contributed by atoms with van der Waals surface area (Å²) in [7, 11) is 2.04. The third kappa shape index (κ3) is 5.06. The van der Waals surface area contributed by atoms with Gasteiger partial charge in [0.05, 0.1) is 5.02 Å². The van der Waals surface area contributed by atoms with Crippen LogP contribution in [0.2, 0.25) is 5.02 Å². The van der Waals surface area contributed by atoms with Gasteiger partial charge in [-0.1, -0.05) is 30.7 Å². The minimum Gasteiger partial charge on any atom is -0.338 e. The largest absolute Gasteiger partial charge is 0.338 e. The second-order valence-electron chi connectivity index (χ2n) is 5.05. The van der Waals surface area contributed by atoms with Gasteiger partial charge in [-0.2, -0.15) is 0 Å². The normalized spacial score (nSPS) is 12.5. The van der Waals surface area contributed by atoms with E-state index in [-0.39, 0.29) is 0 Å². The first-order valence-electron chi connectivity index (χ1n) is 7.27. The lowest BCUT2D eigenvalue weighted by molar-refractivity contribution is 0.532. The number of halogens is 1. The molecule has 1 aromatic heterocycles. The van der Waals surface area contributed by atoms with Crippen molar-refractivity contribution >= 4 is 23.4 Å². The first-order chi connectivity index (χ1) is 10.2. The Hall–Kier alpha value is -0.970. The third-order valence-corrected chi connectivity index (χ3v) is 4.99. The average molecular weight is 324 g/mol. The number of aryl methyl sites for hydroxylation is 1. The molecule has 1 unspecified atom stereocenters. The van der Waals surface area contributed by atoms with Crippen molar-refractivity contribution in [3.8, 4) is 0 Å². The van der Waals surface area contributed by atoms with Crippen molar-refractivity contribution < 1.29 is 0 Å². The van der Waals surface area contributed by atoms with Crippen LogP contribution in [-0.2, 0) is 13.5 Å². The van der Waals surface area contributed by atoms with Crippen LogP contribution in [0.1, 0.15) is 19.2 Å². The summed E-state index contributed by atoms with van der Waals surface area (Å²) >= 11 is 8.02. The second-order valence-corrected chi connectivity index (χ2v) is 6.52. The van der Waals surface area contributed by atoms with E-state index in [1.807, 2.05) is 37.6 Å². The highest BCUT2D eigenvalue weighted by Crippen LogP contribution is 2.27. The van der Waals surface area contributed by atoms with Crippen LogP contribution in [0.4, 0.5) is 0 Å². The van der Waals surface area contributed by atoms with E-state index in [1.54, 1.807) is 11.8 Å². The molecule has 0 spiro atoms. The zero-order valence-corrected chi connectivity index (χ0v) is 14.1. The molecule has 1 heterocycles. The highest BCUT2D eigenvalue weighted by atomic mass is 35.5. The molecule has 0 radical (unpaired) electrons. The van der Waals surface area contributed by atoms with E-state index < -0.39 is 0 Å². The fraction of sp³-hybridized carbons (Fsp3) is 0.438. The Morgan fingerprint density at radius 2 is 2.19 bits per heavy atom. The number of rotatable bonds is 8. The molecule has 0 fully saturated rings. The van der Waals surface area contributed by atoms with Crippen LogP contribution in [0, 0.1) is 0 Å². The number of imidazole rings is 1. The molecule has 0 aliphatic carbocycles. The average Bonchev–Trinajstić information content (AvgIpc) is 2.88. The van der Waals surface area contributed by atoms with Gasteiger partial charge in [-0.15, -0.1) is 11.8 Å². The van der Waals surface area contributed by atoms with Crippen molar-refractivity contribution in [1.82, 2.24) is 14.9 Å². The van der Waals surface area contributed by atoms with Gasteiger partial charge < -0.3 is 9.88 Å². The van der Waals surface area contributed by atoms with Gasteiger partial charge in [0.15, 0.2) is 0 Å². The molecule has 0 saturated heterocycles. The maximum absolute atomic E-state index is 6.22. The van der Waals surface area contributed by atoms with E-state index in [0.29, 0.717) is 6.04 Å². The van der Waals surface area contributed by atoms with Gasteiger partial charge in [-0.25, -0.2) is 4.98 Å². The fourth-order valence-corrected chi connectivity index (χ4v) is 3.40. The van der Waals surface area contributed by atoms with E-state index in [4.69, 9.17) is 11.6 Å². The molecule has 1 atom stereocenters. The molecule has 21 heavy (non-hydrogen) atoms. The monoisotopic (exact) mass is 323 g/mol. The van der Waals surface area contributed by atoms with E-state index >= 15 is 0 Å². The standard InChI is InChI=1S/C16H22ClN3S/c1-3-8-18-13(11-16-19-9-10-20(16)2)12-21-15-7-5-4-6-14(15)17/h4-7,9-10,13,18H,3,8,11-12H2,1-2H3. The molecular weight excluding hydrogens is 302 g/mol. The number of thioether (sulfide) groups is 1. The molecule has 0 saturated carbocycles. The summed E-state index contributed by atoms with van der Waals surface area (Å²) in [6.45, 7) is 3.21. The number of nitrogens with one attached hydrogen (secondary N) is 1. The van der Waals surface area contributed by atoms with Gasteiger partial charge in [0, 0.05) is 42.6 Å². The summed E-state index contributed by atoms with van der Waals surface area (Å²) in [5.41, 5.74) is 0. The van der Waals surface area contributed by atoms with E-state index in [2.05, 4.69) is 27.9 Å². The fourth-order valence-electron chi connectivity index (χ4n) is 2.10. The Labute approximate surface area is 136 Å². The zero-order valence-electron chi connectivity index (χ0n) is 12.6. The quantitative estimate of drug-likeness (QED) is 0.750. The van der Waals surface area contributed by atoms with Gasteiger partial charge in [-0.3, -0.25) is 0 Å². The molecule has 0 bridgehead atoms. The minimum atomic E-state index is 0.396. The van der Waals surface area contributed by atoms with Gasteiger partial charge >= 0.3 is 0 Å². The Kier molecular flexibility index (Phi) is 6.61. The van der Waals surface area contributed by atoms with Crippen LogP contribution in [0.3, 0.4) is 0 Å². The predicted molar refractivity (Wildman–Crippen MR) is 91.2 cm³/mol. The summed E-state index contributed by atoms with van der Waals surface area (Å²) in [6.07, 6.45) is 5.91. The molecule has 3 nitrogen and oxygen atoms in total. The maximum atomic E-state index is 6.22. The van der Waals surface area contributed by atoms with Crippen LogP contribution in [0.15, 0.2) is 41.6 Å². The SMILES string of the molecule is CCCNC(CSc1ccccc1Cl)Cc1nccn1C. The Balaban J connectivity index is 1.96. The molecule has 114 valence electrons. The van der Waals surface area contributed by atoms with Crippen molar-refractivity contribution in [3.05, 3.63) is 47.5 Å². The number of hydrogen-bond donors (Lipinski definition) is 1. The van der Waals surface area contributed by atoms with Gasteiger partial charge in [0.25, 0.3) is 0 Å². The van der Waals surface area contributed by atoms with Gasteiger partial charge in [0.2, 0.25) is 0 Å². The molecule has 1 aromatic carbocycles. The van der Waals surface area contributed by atoms with E-state index in [1.165, 1.54) is 0 Å². The van der Waals surface area contributed by atoms with Crippen LogP contribution in [0.25, 0.3) is 0 Å². The molecule has 2 rings (SSSR count). The van der Waals surface area contributed by atoms with Crippen LogP contribution in [-0.4, -0.2) is 27.9 Å². The van der Waals surface area contributed by atoms with Crippen molar-refractivity contribution in [2.45, 2.75) is 30.7 Å². The number of aromatic nitrogens is 2. The molecule has 1 N–H and O–H groups in total. The lowest BCUT2D eigenvalue weighted by atomic mass is 10.2. The topological polar surface area (TPSA) is 29.9 Å². The third-order valence-electron chi connectivity index (χ3n) is 3.31. The van der Waals surface area contributed by atoms with Crippen molar-refractivity contribution in [2.24, 2.45) is 7.05 Å². The summed E-state index contributed by atoms with van der Waals surface area (Å²) in [4.78, 5) is 5.56. The summed E-state index contributed by atoms with van der Waals surface area (Å²) in [5, 5.41) is 4.43. The number of hydrogen-bond acceptors (Lipinski definition) is 3. The molecule has 5 heteroatoms. The lowest BCUT2D eigenvalue weighted by Crippen LogP contribution is -2.34. The summed E-state index contributed by atoms with van der Waals surface area (Å²) < 4.78 is 2.08. The summed E-state index contributed by atoms with van der Waals surface area (Å²) in [6, 6.07) is 8.41. The second kappa shape index (κ2) is 8.47. The minimum absolute atomic E-state index is 0.396. The number of nitrogens with zero attached hydrogens (tertiary/aromatic N) is 2. The summed E-state index contributed by atoms with van der Waals surface area (Å²) in [5.74, 6) is 2.10. The van der Waals surface area contributed by atoms with Crippen LogP contribution in [0.5, 0.6) is 0 Å². The molecule has 0 aliphatic rings. The predicted octanol–water partition coefficient (Wildman–Crippen LogP) is 3.78. The molecular formula is C16H22ClN3S. The molecule has 0 amide bonds. The highest BCUT2D eigenvalue weighted by molar-refractivity contribution is 7.99. The highest BCUT2D eigenvalue weighted by Gasteiger charge is 2.13. The Bertz CT molecular complexity index is 556. The first-order valence-corrected chi connectivity index (χ1v) is 8.64. The van der Waals surface area contributed by atoms with Gasteiger partial charge in [0.1, 0.15) is 5.82 Å². The number of benzene rings is 1. The zero-order chi connectivity index (χ0) is 15.1. The van der Waals surface area contributed by atoms with E-state index in [9.17, 15) is 0 Å². The first kappa shape index (κ1) is 16.4. The van der Waals surface area contributed by atoms with Crippen molar-refractivity contribution in [3.63, 3.8) is 0 Å². The molecule has 2 aromatic rings.